The molecule has 0 saturated heterocycles. The van der Waals surface area contributed by atoms with Crippen molar-refractivity contribution in [2.24, 2.45) is 0 Å². The fourth-order valence-electron chi connectivity index (χ4n) is 6.12. The van der Waals surface area contributed by atoms with Gasteiger partial charge in [0.2, 0.25) is 0 Å². The lowest BCUT2D eigenvalue weighted by Crippen LogP contribution is -2.52. The van der Waals surface area contributed by atoms with Crippen LogP contribution in [0.3, 0.4) is 0 Å². The topological polar surface area (TPSA) is 57.2 Å². The summed E-state index contributed by atoms with van der Waals surface area (Å²) in [4.78, 5) is 15.7. The molecule has 6 nitrogen and oxygen atoms in total. The lowest BCUT2D eigenvalue weighted by molar-refractivity contribution is 0.0487. The summed E-state index contributed by atoms with van der Waals surface area (Å²) in [5, 5.41) is 0. The molecule has 0 aromatic heterocycles. The third-order valence-corrected chi connectivity index (χ3v) is 14.0. The fraction of sp³-hybridized carbons (Fsp3) is 0.567. The molecule has 2 aromatic rings. The van der Waals surface area contributed by atoms with Gasteiger partial charge in [-0.25, -0.2) is 0 Å². The highest BCUT2D eigenvalue weighted by atomic mass is 28.4. The SMILES string of the molecule is COc1cc(OC)cc(C(=O)N2Cc3cc(OC)c(O[Si](C(C)C)(C(C)C)C(C)C)cc3CC2(C)C)c1. The van der Waals surface area contributed by atoms with E-state index in [-0.39, 0.29) is 5.91 Å². The van der Waals surface area contributed by atoms with Crippen molar-refractivity contribution in [1.82, 2.24) is 4.90 Å². The molecule has 1 aliphatic heterocycles. The number of carbonyl (C=O) groups is 1. The number of carbonyl (C=O) groups excluding carboxylic acids is 1. The first kappa shape index (κ1) is 28.9. The van der Waals surface area contributed by atoms with Gasteiger partial charge < -0.3 is 23.5 Å². The van der Waals surface area contributed by atoms with E-state index in [1.54, 1.807) is 39.5 Å². The summed E-state index contributed by atoms with van der Waals surface area (Å²) in [7, 11) is 2.71. The normalized spacial score (nSPS) is 15.1. The highest BCUT2D eigenvalue weighted by Crippen LogP contribution is 2.46. The van der Waals surface area contributed by atoms with Crippen molar-refractivity contribution < 1.29 is 23.4 Å². The van der Waals surface area contributed by atoms with E-state index < -0.39 is 13.9 Å². The van der Waals surface area contributed by atoms with Crippen LogP contribution in [0.4, 0.5) is 0 Å². The van der Waals surface area contributed by atoms with Crippen molar-refractivity contribution in [1.29, 1.82) is 0 Å². The Morgan fingerprint density at radius 3 is 1.76 bits per heavy atom. The Kier molecular flexibility index (Phi) is 8.57. The number of hydrogen-bond acceptors (Lipinski definition) is 5. The number of rotatable bonds is 9. The van der Waals surface area contributed by atoms with E-state index in [9.17, 15) is 4.79 Å². The van der Waals surface area contributed by atoms with Crippen LogP contribution in [0.5, 0.6) is 23.0 Å². The molecule has 0 N–H and O–H groups in total. The second kappa shape index (κ2) is 11.0. The lowest BCUT2D eigenvalue weighted by atomic mass is 9.84. The average Bonchev–Trinajstić information content (AvgIpc) is 2.84. The van der Waals surface area contributed by atoms with Crippen LogP contribution in [0.2, 0.25) is 16.6 Å². The minimum absolute atomic E-state index is 0.0574. The molecule has 0 atom stereocenters. The van der Waals surface area contributed by atoms with Crippen LogP contribution in [-0.4, -0.2) is 46.0 Å². The van der Waals surface area contributed by atoms with Crippen molar-refractivity contribution in [3.8, 4) is 23.0 Å². The van der Waals surface area contributed by atoms with Crippen molar-refractivity contribution in [3.63, 3.8) is 0 Å². The van der Waals surface area contributed by atoms with Gasteiger partial charge >= 0.3 is 0 Å². The standard InChI is InChI=1S/C30H45NO5Si/c1-19(2)37(20(3)4,21(5)6)36-28-14-23-17-30(7,8)31(18-24(23)15-27(28)35-11)29(32)22-12-25(33-9)16-26(13-22)34-10/h12-16,19-21H,17-18H2,1-11H3. The van der Waals surface area contributed by atoms with E-state index in [1.807, 2.05) is 4.90 Å². The van der Waals surface area contributed by atoms with Crippen LogP contribution >= 0.6 is 0 Å². The Labute approximate surface area is 224 Å². The van der Waals surface area contributed by atoms with Gasteiger partial charge in [0, 0.05) is 23.7 Å². The number of nitrogens with zero attached hydrogens (tertiary/aromatic N) is 1. The highest BCUT2D eigenvalue weighted by Gasteiger charge is 2.48. The second-order valence-electron chi connectivity index (χ2n) is 11.7. The Morgan fingerprint density at radius 1 is 0.784 bits per heavy atom. The van der Waals surface area contributed by atoms with Crippen LogP contribution in [0.25, 0.3) is 0 Å². The third-order valence-electron chi connectivity index (χ3n) is 8.01. The predicted molar refractivity (Wildman–Crippen MR) is 152 cm³/mol. The van der Waals surface area contributed by atoms with Crippen LogP contribution in [-0.2, 0) is 13.0 Å². The smallest absolute Gasteiger partial charge is 0.258 e. The molecule has 1 amide bonds. The summed E-state index contributed by atoms with van der Waals surface area (Å²) in [6, 6.07) is 9.53. The van der Waals surface area contributed by atoms with E-state index in [1.165, 1.54) is 5.56 Å². The predicted octanol–water partition coefficient (Wildman–Crippen LogP) is 7.24. The average molecular weight is 528 g/mol. The van der Waals surface area contributed by atoms with Gasteiger partial charge in [0.15, 0.2) is 5.75 Å². The molecule has 0 spiro atoms. The Bertz CT molecular complexity index is 1080. The molecular weight excluding hydrogens is 482 g/mol. The van der Waals surface area contributed by atoms with E-state index in [4.69, 9.17) is 18.6 Å². The van der Waals surface area contributed by atoms with Gasteiger partial charge in [0.05, 0.1) is 21.3 Å². The van der Waals surface area contributed by atoms with Crippen molar-refractivity contribution in [2.75, 3.05) is 21.3 Å². The zero-order valence-electron chi connectivity index (χ0n) is 24.5. The van der Waals surface area contributed by atoms with E-state index in [0.717, 1.165) is 23.5 Å². The number of benzene rings is 2. The number of ether oxygens (including phenoxy) is 3. The molecule has 3 rings (SSSR count). The number of amides is 1. The molecule has 204 valence electrons. The first-order valence-electron chi connectivity index (χ1n) is 13.2. The van der Waals surface area contributed by atoms with Crippen molar-refractivity contribution in [2.45, 2.75) is 90.5 Å². The van der Waals surface area contributed by atoms with Crippen LogP contribution < -0.4 is 18.6 Å². The quantitative estimate of drug-likeness (QED) is 0.322. The minimum Gasteiger partial charge on any atom is -0.540 e. The molecule has 37 heavy (non-hydrogen) atoms. The van der Waals surface area contributed by atoms with Gasteiger partial charge in [-0.15, -0.1) is 0 Å². The third kappa shape index (κ3) is 5.47. The molecule has 1 heterocycles. The van der Waals surface area contributed by atoms with Gasteiger partial charge in [-0.05, 0) is 72.3 Å². The molecule has 0 fully saturated rings. The maximum absolute atomic E-state index is 13.8. The minimum atomic E-state index is -2.16. The van der Waals surface area contributed by atoms with E-state index >= 15 is 0 Å². The zero-order valence-corrected chi connectivity index (χ0v) is 25.5. The fourth-order valence-corrected chi connectivity index (χ4v) is 11.4. The first-order valence-corrected chi connectivity index (χ1v) is 15.4. The van der Waals surface area contributed by atoms with E-state index in [2.05, 4.69) is 67.5 Å². The van der Waals surface area contributed by atoms with Crippen LogP contribution in [0, 0.1) is 0 Å². The first-order chi connectivity index (χ1) is 17.3. The monoisotopic (exact) mass is 527 g/mol. The summed E-state index contributed by atoms with van der Waals surface area (Å²) >= 11 is 0. The zero-order chi connectivity index (χ0) is 27.7. The second-order valence-corrected chi connectivity index (χ2v) is 17.0. The van der Waals surface area contributed by atoms with Crippen LogP contribution in [0.1, 0.15) is 76.9 Å². The van der Waals surface area contributed by atoms with Crippen molar-refractivity contribution >= 4 is 14.2 Å². The summed E-state index contributed by atoms with van der Waals surface area (Å²) in [5.74, 6) is 2.69. The van der Waals surface area contributed by atoms with Crippen LogP contribution in [0.15, 0.2) is 30.3 Å². The Morgan fingerprint density at radius 2 is 1.30 bits per heavy atom. The molecule has 1 aliphatic rings. The van der Waals surface area contributed by atoms with Gasteiger partial charge in [-0.3, -0.25) is 4.79 Å². The summed E-state index contributed by atoms with van der Waals surface area (Å²) in [6.07, 6.45) is 0.717. The maximum Gasteiger partial charge on any atom is 0.258 e. The summed E-state index contributed by atoms with van der Waals surface area (Å²) in [5.41, 5.74) is 3.80. The van der Waals surface area contributed by atoms with Gasteiger partial charge in [-0.2, -0.15) is 0 Å². The van der Waals surface area contributed by atoms with Gasteiger partial charge in [0.1, 0.15) is 17.2 Å². The molecule has 0 saturated carbocycles. The largest absolute Gasteiger partial charge is 0.540 e. The van der Waals surface area contributed by atoms with Crippen molar-refractivity contribution in [3.05, 3.63) is 47.0 Å². The lowest BCUT2D eigenvalue weighted by Gasteiger charge is -2.45. The van der Waals surface area contributed by atoms with E-state index in [0.29, 0.717) is 40.2 Å². The molecule has 0 aliphatic carbocycles. The summed E-state index contributed by atoms with van der Waals surface area (Å²) < 4.78 is 23.7. The summed E-state index contributed by atoms with van der Waals surface area (Å²) in [6.45, 7) is 18.5. The maximum atomic E-state index is 13.8. The number of hydrogen-bond donors (Lipinski definition) is 0. The highest BCUT2D eigenvalue weighted by molar-refractivity contribution is 6.78. The number of methoxy groups -OCH3 is 3. The molecular formula is C30H45NO5Si. The molecule has 2 aromatic carbocycles. The molecule has 0 radical (unpaired) electrons. The number of fused-ring (bicyclic) bond motifs is 1. The molecule has 0 bridgehead atoms. The molecule has 0 unspecified atom stereocenters. The molecule has 7 heteroatoms. The van der Waals surface area contributed by atoms with Gasteiger partial charge in [-0.1, -0.05) is 41.5 Å². The Balaban J connectivity index is 2.03. The Hall–Kier alpha value is -2.67. The van der Waals surface area contributed by atoms with Gasteiger partial charge in [0.25, 0.3) is 14.2 Å².